The predicted octanol–water partition coefficient (Wildman–Crippen LogP) is 4.68. The van der Waals surface area contributed by atoms with Crippen LogP contribution in [0, 0.1) is 9.81 Å². The minimum absolute atomic E-state index is 0.0736. The van der Waals surface area contributed by atoms with E-state index < -0.39 is 0 Å². The summed E-state index contributed by atoms with van der Waals surface area (Å²) in [4.78, 5) is 12.0. The Labute approximate surface area is 126 Å². The van der Waals surface area contributed by atoms with Crippen molar-refractivity contribution in [2.45, 2.75) is 6.92 Å². The van der Waals surface area contributed by atoms with Crippen LogP contribution < -0.4 is 5.32 Å². The number of hydrogen-bond donors (Lipinski definition) is 1. The molecule has 1 amide bonds. The van der Waals surface area contributed by atoms with Crippen molar-refractivity contribution in [2.75, 3.05) is 5.32 Å². The molecule has 17 heavy (non-hydrogen) atoms. The van der Waals surface area contributed by atoms with Crippen molar-refractivity contribution in [2.24, 2.45) is 0 Å². The Morgan fingerprint density at radius 3 is 2.88 bits per heavy atom. The van der Waals surface area contributed by atoms with Crippen LogP contribution in [0.1, 0.15) is 15.9 Å². The van der Waals surface area contributed by atoms with Gasteiger partial charge in [-0.15, -0.1) is 11.3 Å². The molecule has 2 nitrogen and oxygen atoms in total. The fourth-order valence-corrected chi connectivity index (χ4v) is 3.06. The number of hydrogen-bond acceptors (Lipinski definition) is 2. The zero-order valence-electron chi connectivity index (χ0n) is 8.96. The third-order valence-corrected chi connectivity index (χ3v) is 5.11. The van der Waals surface area contributed by atoms with E-state index in [1.165, 1.54) is 0 Å². The summed E-state index contributed by atoms with van der Waals surface area (Å²) in [6.07, 6.45) is 0. The summed E-state index contributed by atoms with van der Waals surface area (Å²) >= 11 is 7.24. The first-order valence-corrected chi connectivity index (χ1v) is 7.63. The maximum atomic E-state index is 12.0. The van der Waals surface area contributed by atoms with Gasteiger partial charge in [0.25, 0.3) is 5.91 Å². The van der Waals surface area contributed by atoms with E-state index in [0.717, 1.165) is 18.6 Å². The Kier molecular flexibility index (Phi) is 4.22. The summed E-state index contributed by atoms with van der Waals surface area (Å²) in [5.74, 6) is -0.0736. The smallest absolute Gasteiger partial charge is 0.256 e. The van der Waals surface area contributed by atoms with Gasteiger partial charge in [-0.2, -0.15) is 0 Å². The predicted molar refractivity (Wildman–Crippen MR) is 83.9 cm³/mol. The molecule has 2 rings (SSSR count). The first kappa shape index (κ1) is 13.0. The van der Waals surface area contributed by atoms with Crippen LogP contribution in [0.4, 0.5) is 5.69 Å². The fraction of sp³-hybridized carbons (Fsp3) is 0.0833. The number of halogens is 2. The third kappa shape index (κ3) is 3.08. The van der Waals surface area contributed by atoms with Crippen molar-refractivity contribution in [1.82, 2.24) is 0 Å². The molecule has 0 atom stereocenters. The number of carbonyl (C=O) groups excluding carboxylic acids is 1. The van der Waals surface area contributed by atoms with Crippen LogP contribution >= 0.6 is 49.9 Å². The van der Waals surface area contributed by atoms with Crippen LogP contribution in [0.5, 0.6) is 0 Å². The number of amides is 1. The summed E-state index contributed by atoms with van der Waals surface area (Å²) < 4.78 is 2.04. The third-order valence-electron chi connectivity index (χ3n) is 2.27. The average Bonchev–Trinajstić information content (AvgIpc) is 2.72. The van der Waals surface area contributed by atoms with E-state index in [0.29, 0.717) is 5.56 Å². The second-order valence-corrected chi connectivity index (χ2v) is 7.13. The van der Waals surface area contributed by atoms with E-state index >= 15 is 0 Å². The normalized spacial score (nSPS) is 10.3. The van der Waals surface area contributed by atoms with Gasteiger partial charge < -0.3 is 5.32 Å². The lowest BCUT2D eigenvalue weighted by Gasteiger charge is -2.08. The zero-order valence-corrected chi connectivity index (χ0v) is 13.5. The molecule has 0 unspecified atom stereocenters. The second kappa shape index (κ2) is 5.49. The number of aryl methyl sites for hydroxylation is 1. The lowest BCUT2D eigenvalue weighted by molar-refractivity contribution is 0.102. The lowest BCUT2D eigenvalue weighted by Crippen LogP contribution is -2.11. The highest BCUT2D eigenvalue weighted by molar-refractivity contribution is 14.1. The number of rotatable bonds is 2. The molecule has 0 aliphatic rings. The molecule has 2 aromatic rings. The highest BCUT2D eigenvalue weighted by Gasteiger charge is 2.10. The average molecular weight is 422 g/mol. The maximum Gasteiger partial charge on any atom is 0.256 e. The van der Waals surface area contributed by atoms with E-state index in [-0.39, 0.29) is 5.91 Å². The molecule has 0 saturated heterocycles. The molecule has 0 saturated carbocycles. The SMILES string of the molecule is Cc1cccc(NC(=O)c2csc(I)c2)c1Br. The Morgan fingerprint density at radius 2 is 2.24 bits per heavy atom. The van der Waals surface area contributed by atoms with Gasteiger partial charge in [0, 0.05) is 9.85 Å². The van der Waals surface area contributed by atoms with Crippen LogP contribution in [0.25, 0.3) is 0 Å². The summed E-state index contributed by atoms with van der Waals surface area (Å²) in [5, 5.41) is 4.76. The topological polar surface area (TPSA) is 29.1 Å². The Morgan fingerprint density at radius 1 is 1.47 bits per heavy atom. The Bertz CT molecular complexity index is 567. The van der Waals surface area contributed by atoms with E-state index in [4.69, 9.17) is 0 Å². The highest BCUT2D eigenvalue weighted by Crippen LogP contribution is 2.26. The van der Waals surface area contributed by atoms with Gasteiger partial charge in [0.15, 0.2) is 0 Å². The van der Waals surface area contributed by atoms with Gasteiger partial charge in [-0.3, -0.25) is 4.79 Å². The van der Waals surface area contributed by atoms with Crippen LogP contribution in [0.15, 0.2) is 34.1 Å². The number of benzene rings is 1. The molecule has 0 radical (unpaired) electrons. The Hall–Kier alpha value is -0.400. The molecular formula is C12H9BrINOS. The van der Waals surface area contributed by atoms with E-state index in [9.17, 15) is 4.79 Å². The van der Waals surface area contributed by atoms with Crippen molar-refractivity contribution in [3.05, 3.63) is 48.1 Å². The lowest BCUT2D eigenvalue weighted by atomic mass is 10.2. The molecule has 1 aromatic heterocycles. The van der Waals surface area contributed by atoms with Gasteiger partial charge in [0.2, 0.25) is 0 Å². The first-order valence-electron chi connectivity index (χ1n) is 4.88. The molecule has 0 fully saturated rings. The molecular weight excluding hydrogens is 413 g/mol. The van der Waals surface area contributed by atoms with Gasteiger partial charge in [-0.1, -0.05) is 12.1 Å². The summed E-state index contributed by atoms with van der Waals surface area (Å²) in [6.45, 7) is 1.99. The maximum absolute atomic E-state index is 12.0. The molecule has 0 aliphatic heterocycles. The van der Waals surface area contributed by atoms with Crippen molar-refractivity contribution in [3.63, 3.8) is 0 Å². The standard InChI is InChI=1S/C12H9BrINOS/c1-7-3-2-4-9(11(7)13)15-12(16)8-5-10(14)17-6-8/h2-6H,1H3,(H,15,16). The minimum Gasteiger partial charge on any atom is -0.321 e. The number of thiophene rings is 1. The van der Waals surface area contributed by atoms with Crippen LogP contribution in [0.2, 0.25) is 0 Å². The number of carbonyl (C=O) groups is 1. The summed E-state index contributed by atoms with van der Waals surface area (Å²) in [6, 6.07) is 7.68. The van der Waals surface area contributed by atoms with Crippen LogP contribution in [-0.4, -0.2) is 5.91 Å². The fourth-order valence-electron chi connectivity index (χ4n) is 1.37. The van der Waals surface area contributed by atoms with Gasteiger partial charge in [0.1, 0.15) is 0 Å². The molecule has 1 aromatic carbocycles. The first-order chi connectivity index (χ1) is 8.08. The number of anilines is 1. The van der Waals surface area contributed by atoms with Crippen molar-refractivity contribution < 1.29 is 4.79 Å². The molecule has 1 N–H and O–H groups in total. The van der Waals surface area contributed by atoms with Gasteiger partial charge >= 0.3 is 0 Å². The van der Waals surface area contributed by atoms with Gasteiger partial charge in [-0.25, -0.2) is 0 Å². The molecule has 88 valence electrons. The van der Waals surface area contributed by atoms with E-state index in [1.54, 1.807) is 11.3 Å². The highest BCUT2D eigenvalue weighted by atomic mass is 127. The largest absolute Gasteiger partial charge is 0.321 e. The van der Waals surface area contributed by atoms with Gasteiger partial charge in [-0.05, 0) is 63.1 Å². The Balaban J connectivity index is 2.21. The number of nitrogens with one attached hydrogen (secondary N) is 1. The van der Waals surface area contributed by atoms with E-state index in [1.807, 2.05) is 36.6 Å². The van der Waals surface area contributed by atoms with Crippen molar-refractivity contribution >= 4 is 61.5 Å². The van der Waals surface area contributed by atoms with Crippen molar-refractivity contribution in [1.29, 1.82) is 0 Å². The van der Waals surface area contributed by atoms with Crippen LogP contribution in [-0.2, 0) is 0 Å². The molecule has 0 spiro atoms. The molecule has 0 bridgehead atoms. The summed E-state index contributed by atoms with van der Waals surface area (Å²) in [7, 11) is 0. The molecule has 5 heteroatoms. The zero-order chi connectivity index (χ0) is 12.4. The second-order valence-electron chi connectivity index (χ2n) is 3.53. The van der Waals surface area contributed by atoms with Crippen LogP contribution in [0.3, 0.4) is 0 Å². The molecule has 0 aliphatic carbocycles. The monoisotopic (exact) mass is 421 g/mol. The van der Waals surface area contributed by atoms with Crippen molar-refractivity contribution in [3.8, 4) is 0 Å². The quantitative estimate of drug-likeness (QED) is 0.701. The van der Waals surface area contributed by atoms with E-state index in [2.05, 4.69) is 43.8 Å². The molecule has 1 heterocycles. The minimum atomic E-state index is -0.0736. The van der Waals surface area contributed by atoms with Gasteiger partial charge in [0.05, 0.1) is 14.1 Å². The summed E-state index contributed by atoms with van der Waals surface area (Å²) in [5.41, 5.74) is 2.60.